The molecular weight excluding hydrogens is 254 g/mol. The van der Waals surface area contributed by atoms with Crippen LogP contribution in [-0.2, 0) is 15.0 Å². The summed E-state index contributed by atoms with van der Waals surface area (Å²) in [5.74, 6) is -1.02. The Labute approximate surface area is 103 Å². The second-order valence-electron chi connectivity index (χ2n) is 3.84. The Morgan fingerprint density at radius 2 is 2.06 bits per heavy atom. The van der Waals surface area contributed by atoms with Gasteiger partial charge in [-0.2, -0.15) is 8.42 Å². The van der Waals surface area contributed by atoms with Gasteiger partial charge in [-0.3, -0.25) is 4.79 Å². The quantitative estimate of drug-likeness (QED) is 0.531. The molecule has 0 saturated heterocycles. The zero-order valence-electron chi connectivity index (χ0n) is 9.39. The highest BCUT2D eigenvalue weighted by atomic mass is 35.5. The van der Waals surface area contributed by atoms with Crippen LogP contribution in [0.15, 0.2) is 0 Å². The molecular formula is C7H18BClN2O4S. The van der Waals surface area contributed by atoms with Gasteiger partial charge in [-0.1, -0.05) is 19.8 Å². The second-order valence-corrected chi connectivity index (χ2v) is 5.21. The summed E-state index contributed by atoms with van der Waals surface area (Å²) in [7, 11) is -2.33. The summed E-state index contributed by atoms with van der Waals surface area (Å²) in [6.07, 6.45) is 2.01. The van der Waals surface area contributed by atoms with Crippen LogP contribution in [0.3, 0.4) is 0 Å². The van der Waals surface area contributed by atoms with E-state index in [1.807, 2.05) is 11.6 Å². The fourth-order valence-corrected chi connectivity index (χ4v) is 1.62. The van der Waals surface area contributed by atoms with E-state index in [1.54, 1.807) is 0 Å². The molecule has 0 aromatic rings. The first-order valence-corrected chi connectivity index (χ1v) is 6.26. The van der Waals surface area contributed by atoms with Crippen LogP contribution in [0.5, 0.6) is 0 Å². The van der Waals surface area contributed by atoms with Gasteiger partial charge in [0, 0.05) is 11.9 Å². The average Bonchev–Trinajstić information content (AvgIpc) is 2.10. The SMILES string of the molecule is BC(CCCC)(CNS(N)(=O)=O)C(=O)O.Cl. The highest BCUT2D eigenvalue weighted by molar-refractivity contribution is 7.87. The maximum atomic E-state index is 11.0. The molecule has 4 N–H and O–H groups in total. The third-order valence-electron chi connectivity index (χ3n) is 2.26. The molecule has 0 saturated carbocycles. The van der Waals surface area contributed by atoms with E-state index in [9.17, 15) is 13.2 Å². The minimum absolute atomic E-state index is 0. The highest BCUT2D eigenvalue weighted by Gasteiger charge is 2.32. The summed E-state index contributed by atoms with van der Waals surface area (Å²) >= 11 is 0. The first-order valence-electron chi connectivity index (χ1n) is 4.72. The minimum atomic E-state index is -3.83. The van der Waals surface area contributed by atoms with Gasteiger partial charge in [0.1, 0.15) is 7.85 Å². The lowest BCUT2D eigenvalue weighted by Gasteiger charge is -2.24. The maximum Gasteiger partial charge on any atom is 0.302 e. The molecule has 0 rings (SSSR count). The van der Waals surface area contributed by atoms with Crippen molar-refractivity contribution in [3.63, 3.8) is 0 Å². The molecule has 6 nitrogen and oxygen atoms in total. The van der Waals surface area contributed by atoms with Gasteiger partial charge in [0.2, 0.25) is 0 Å². The van der Waals surface area contributed by atoms with Gasteiger partial charge >= 0.3 is 5.97 Å². The zero-order chi connectivity index (χ0) is 12.1. The molecule has 96 valence electrons. The molecule has 0 fully saturated rings. The van der Waals surface area contributed by atoms with E-state index < -0.39 is 21.5 Å². The van der Waals surface area contributed by atoms with Crippen molar-refractivity contribution in [2.75, 3.05) is 6.54 Å². The van der Waals surface area contributed by atoms with Gasteiger partial charge in [-0.15, -0.1) is 12.4 Å². The van der Waals surface area contributed by atoms with E-state index in [0.717, 1.165) is 12.8 Å². The van der Waals surface area contributed by atoms with Gasteiger partial charge < -0.3 is 5.11 Å². The predicted octanol–water partition coefficient (Wildman–Crippen LogP) is -0.732. The first kappa shape index (κ1) is 18.1. The first-order chi connectivity index (χ1) is 6.71. The molecule has 1 unspecified atom stereocenters. The third kappa shape index (κ3) is 7.05. The Morgan fingerprint density at radius 1 is 1.56 bits per heavy atom. The topological polar surface area (TPSA) is 109 Å². The highest BCUT2D eigenvalue weighted by Crippen LogP contribution is 2.28. The number of aliphatic carboxylic acids is 1. The van der Waals surface area contributed by atoms with Crippen molar-refractivity contribution in [2.24, 2.45) is 5.14 Å². The standard InChI is InChI=1S/C7H17BN2O4S.ClH/c1-2-3-4-7(8,6(11)12)5-10-15(9,13)14;/h10H,2-5,8H2,1H3,(H,11,12)(H2,9,13,14);1H. The van der Waals surface area contributed by atoms with E-state index in [4.69, 9.17) is 10.2 Å². The molecule has 0 spiro atoms. The van der Waals surface area contributed by atoms with Crippen LogP contribution in [0.1, 0.15) is 26.2 Å². The number of nitrogens with one attached hydrogen (secondary N) is 1. The van der Waals surface area contributed by atoms with Crippen molar-refractivity contribution in [1.29, 1.82) is 0 Å². The van der Waals surface area contributed by atoms with E-state index in [-0.39, 0.29) is 19.0 Å². The van der Waals surface area contributed by atoms with Gasteiger partial charge in [-0.25, -0.2) is 9.86 Å². The van der Waals surface area contributed by atoms with Crippen LogP contribution in [0.2, 0.25) is 5.31 Å². The molecule has 0 bridgehead atoms. The van der Waals surface area contributed by atoms with E-state index in [2.05, 4.69) is 0 Å². The van der Waals surface area contributed by atoms with Crippen LogP contribution >= 0.6 is 12.4 Å². The summed E-state index contributed by atoms with van der Waals surface area (Å²) < 4.78 is 23.3. The molecule has 9 heteroatoms. The number of unbranched alkanes of at least 4 members (excludes halogenated alkanes) is 1. The Morgan fingerprint density at radius 3 is 2.38 bits per heavy atom. The summed E-state index contributed by atoms with van der Waals surface area (Å²) in [5.41, 5.74) is 0. The summed E-state index contributed by atoms with van der Waals surface area (Å²) in [6, 6.07) is 0. The maximum absolute atomic E-state index is 11.0. The molecule has 0 aliphatic heterocycles. The predicted molar refractivity (Wildman–Crippen MR) is 66.8 cm³/mol. The molecule has 1 atom stereocenters. The van der Waals surface area contributed by atoms with E-state index in [0.29, 0.717) is 6.42 Å². The lowest BCUT2D eigenvalue weighted by atomic mass is 9.66. The number of halogens is 1. The molecule has 0 aromatic carbocycles. The molecule has 0 aromatic heterocycles. The number of carboxylic acid groups (broad SMARTS) is 1. The molecule has 0 amide bonds. The van der Waals surface area contributed by atoms with E-state index >= 15 is 0 Å². The van der Waals surface area contributed by atoms with Crippen molar-refractivity contribution < 1.29 is 18.3 Å². The Bertz CT molecular complexity index is 324. The fraction of sp³-hybridized carbons (Fsp3) is 0.857. The number of hydrogen-bond acceptors (Lipinski definition) is 3. The average molecular weight is 273 g/mol. The van der Waals surface area contributed by atoms with Crippen molar-refractivity contribution >= 4 is 36.4 Å². The third-order valence-corrected chi connectivity index (χ3v) is 2.81. The van der Waals surface area contributed by atoms with Gasteiger partial charge in [0.15, 0.2) is 0 Å². The van der Waals surface area contributed by atoms with Gasteiger partial charge in [0.25, 0.3) is 10.2 Å². The monoisotopic (exact) mass is 272 g/mol. The number of carbonyl (C=O) groups is 1. The number of nitrogens with two attached hydrogens (primary N) is 1. The molecule has 0 aliphatic rings. The lowest BCUT2D eigenvalue weighted by Crippen LogP contribution is -2.41. The van der Waals surface area contributed by atoms with Crippen LogP contribution in [0.25, 0.3) is 0 Å². The van der Waals surface area contributed by atoms with Crippen LogP contribution in [0, 0.1) is 0 Å². The number of hydrogen-bond donors (Lipinski definition) is 3. The minimum Gasteiger partial charge on any atom is -0.481 e. The molecule has 0 aliphatic carbocycles. The van der Waals surface area contributed by atoms with Gasteiger partial charge in [0.05, 0.1) is 0 Å². The lowest BCUT2D eigenvalue weighted by molar-refractivity contribution is -0.140. The largest absolute Gasteiger partial charge is 0.481 e. The van der Waals surface area contributed by atoms with Crippen molar-refractivity contribution in [2.45, 2.75) is 31.5 Å². The Hall–Kier alpha value is -0.305. The fourth-order valence-electron chi connectivity index (χ4n) is 1.10. The Kier molecular flexibility index (Phi) is 8.02. The van der Waals surface area contributed by atoms with Crippen LogP contribution in [0.4, 0.5) is 0 Å². The molecule has 0 heterocycles. The van der Waals surface area contributed by atoms with Crippen molar-refractivity contribution in [3.8, 4) is 0 Å². The smallest absolute Gasteiger partial charge is 0.302 e. The van der Waals surface area contributed by atoms with E-state index in [1.165, 1.54) is 7.85 Å². The van der Waals surface area contributed by atoms with Crippen LogP contribution < -0.4 is 9.86 Å². The van der Waals surface area contributed by atoms with Crippen molar-refractivity contribution in [3.05, 3.63) is 0 Å². The number of carboxylic acids is 1. The zero-order valence-corrected chi connectivity index (χ0v) is 11.0. The second kappa shape index (κ2) is 7.11. The molecule has 16 heavy (non-hydrogen) atoms. The van der Waals surface area contributed by atoms with Crippen LogP contribution in [-0.4, -0.2) is 33.9 Å². The summed E-state index contributed by atoms with van der Waals surface area (Å²) in [6.45, 7) is 1.76. The number of rotatable bonds is 7. The van der Waals surface area contributed by atoms with Crippen molar-refractivity contribution in [1.82, 2.24) is 4.72 Å². The summed E-state index contributed by atoms with van der Waals surface area (Å²) in [5, 5.41) is 12.6. The van der Waals surface area contributed by atoms with Gasteiger partial charge in [-0.05, 0) is 6.42 Å². The normalized spacial score (nSPS) is 14.9. The summed E-state index contributed by atoms with van der Waals surface area (Å²) in [4.78, 5) is 11.0. The Balaban J connectivity index is 0. The molecule has 0 radical (unpaired) electrons.